The van der Waals surface area contributed by atoms with E-state index in [1.807, 2.05) is 0 Å². The van der Waals surface area contributed by atoms with Crippen molar-refractivity contribution in [1.82, 2.24) is 4.90 Å². The maximum atomic E-state index is 2.61. The molecule has 0 heterocycles. The Labute approximate surface area is 70.8 Å². The number of hydrogen-bond donors (Lipinski definition) is 0. The monoisotopic (exact) mass is 155 g/mol. The Kier molecular flexibility index (Phi) is 3.38. The third-order valence-corrected chi connectivity index (χ3v) is 2.80. The zero-order valence-electron chi connectivity index (χ0n) is 8.14. The highest BCUT2D eigenvalue weighted by Crippen LogP contribution is 2.34. The molecule has 0 radical (unpaired) electrons. The van der Waals surface area contributed by atoms with Gasteiger partial charge in [-0.05, 0) is 45.2 Å². The van der Waals surface area contributed by atoms with Gasteiger partial charge < -0.3 is 4.90 Å². The fourth-order valence-corrected chi connectivity index (χ4v) is 1.81. The van der Waals surface area contributed by atoms with Gasteiger partial charge >= 0.3 is 0 Å². The molecule has 0 N–H and O–H groups in total. The first-order valence-electron chi connectivity index (χ1n) is 5.03. The first kappa shape index (κ1) is 9.05. The van der Waals surface area contributed by atoms with E-state index in [9.17, 15) is 0 Å². The molecule has 1 fully saturated rings. The van der Waals surface area contributed by atoms with Gasteiger partial charge in [0.1, 0.15) is 0 Å². The van der Waals surface area contributed by atoms with Crippen LogP contribution >= 0.6 is 0 Å². The first-order valence-corrected chi connectivity index (χ1v) is 5.03. The van der Waals surface area contributed by atoms with Crippen LogP contribution in [-0.4, -0.2) is 24.0 Å². The fraction of sp³-hybridized carbons (Fsp3) is 1.00. The summed E-state index contributed by atoms with van der Waals surface area (Å²) < 4.78 is 0. The second kappa shape index (κ2) is 4.10. The van der Waals surface area contributed by atoms with E-state index >= 15 is 0 Å². The molecule has 1 aliphatic rings. The molecule has 0 bridgehead atoms. The largest absolute Gasteiger partial charge is 0.301 e. The van der Waals surface area contributed by atoms with Crippen molar-refractivity contribution < 1.29 is 0 Å². The standard InChI is InChI=1S/C10H21N/c1-4-8-11(5-2)9(3)10-6-7-10/h9-10H,4-8H2,1-3H3/t9-/m1/s1. The number of nitrogens with zero attached hydrogens (tertiary/aromatic N) is 1. The van der Waals surface area contributed by atoms with Gasteiger partial charge in [0.25, 0.3) is 0 Å². The lowest BCUT2D eigenvalue weighted by Crippen LogP contribution is -2.34. The summed E-state index contributed by atoms with van der Waals surface area (Å²) in [6, 6.07) is 0.847. The molecular formula is C10H21N. The second-order valence-corrected chi connectivity index (χ2v) is 3.71. The second-order valence-electron chi connectivity index (χ2n) is 3.71. The van der Waals surface area contributed by atoms with Crippen molar-refractivity contribution in [1.29, 1.82) is 0 Å². The van der Waals surface area contributed by atoms with Crippen LogP contribution in [0.3, 0.4) is 0 Å². The lowest BCUT2D eigenvalue weighted by molar-refractivity contribution is 0.200. The molecule has 0 spiro atoms. The highest BCUT2D eigenvalue weighted by atomic mass is 15.1. The summed E-state index contributed by atoms with van der Waals surface area (Å²) in [5, 5.41) is 0. The predicted molar refractivity (Wildman–Crippen MR) is 49.7 cm³/mol. The van der Waals surface area contributed by atoms with Crippen LogP contribution in [0.5, 0.6) is 0 Å². The third-order valence-electron chi connectivity index (χ3n) is 2.80. The summed E-state index contributed by atoms with van der Waals surface area (Å²) in [6.45, 7) is 9.44. The zero-order valence-corrected chi connectivity index (χ0v) is 8.14. The van der Waals surface area contributed by atoms with Gasteiger partial charge in [0.15, 0.2) is 0 Å². The average Bonchev–Trinajstić information content (AvgIpc) is 2.81. The van der Waals surface area contributed by atoms with Crippen LogP contribution in [-0.2, 0) is 0 Å². The molecular weight excluding hydrogens is 134 g/mol. The van der Waals surface area contributed by atoms with E-state index in [2.05, 4.69) is 25.7 Å². The van der Waals surface area contributed by atoms with Crippen LogP contribution in [0.1, 0.15) is 40.0 Å². The summed E-state index contributed by atoms with van der Waals surface area (Å²) in [5.74, 6) is 1.03. The molecule has 11 heavy (non-hydrogen) atoms. The van der Waals surface area contributed by atoms with Gasteiger partial charge in [-0.15, -0.1) is 0 Å². The highest BCUT2D eigenvalue weighted by Gasteiger charge is 2.30. The first-order chi connectivity index (χ1) is 5.29. The summed E-state index contributed by atoms with van der Waals surface area (Å²) in [6.07, 6.45) is 4.24. The SMILES string of the molecule is CCCN(CC)[C@H](C)C1CC1. The average molecular weight is 155 g/mol. The van der Waals surface area contributed by atoms with Gasteiger partial charge in [-0.1, -0.05) is 13.8 Å². The molecule has 1 saturated carbocycles. The van der Waals surface area contributed by atoms with Crippen molar-refractivity contribution in [3.8, 4) is 0 Å². The third kappa shape index (κ3) is 2.48. The molecule has 0 aromatic heterocycles. The minimum absolute atomic E-state index is 0.847. The summed E-state index contributed by atoms with van der Waals surface area (Å²) >= 11 is 0. The van der Waals surface area contributed by atoms with Gasteiger partial charge in [-0.25, -0.2) is 0 Å². The molecule has 1 rings (SSSR count). The lowest BCUT2D eigenvalue weighted by Gasteiger charge is -2.27. The van der Waals surface area contributed by atoms with Crippen molar-refractivity contribution in [3.05, 3.63) is 0 Å². The molecule has 1 aliphatic carbocycles. The topological polar surface area (TPSA) is 3.24 Å². The lowest BCUT2D eigenvalue weighted by atomic mass is 10.2. The molecule has 0 unspecified atom stereocenters. The maximum Gasteiger partial charge on any atom is 0.00950 e. The van der Waals surface area contributed by atoms with Crippen molar-refractivity contribution >= 4 is 0 Å². The van der Waals surface area contributed by atoms with E-state index in [1.165, 1.54) is 32.4 Å². The summed E-state index contributed by atoms with van der Waals surface area (Å²) in [5.41, 5.74) is 0. The van der Waals surface area contributed by atoms with Gasteiger partial charge in [-0.3, -0.25) is 0 Å². The van der Waals surface area contributed by atoms with Crippen molar-refractivity contribution in [2.75, 3.05) is 13.1 Å². The van der Waals surface area contributed by atoms with Crippen LogP contribution in [0.4, 0.5) is 0 Å². The molecule has 1 heteroatoms. The molecule has 0 aromatic rings. The predicted octanol–water partition coefficient (Wildman–Crippen LogP) is 2.52. The van der Waals surface area contributed by atoms with Crippen LogP contribution in [0.25, 0.3) is 0 Å². The van der Waals surface area contributed by atoms with E-state index < -0.39 is 0 Å². The van der Waals surface area contributed by atoms with E-state index in [1.54, 1.807) is 0 Å². The molecule has 0 aromatic carbocycles. The molecule has 0 amide bonds. The fourth-order valence-electron chi connectivity index (χ4n) is 1.81. The Morgan fingerprint density at radius 3 is 2.36 bits per heavy atom. The van der Waals surface area contributed by atoms with Crippen LogP contribution in [0.2, 0.25) is 0 Å². The minimum Gasteiger partial charge on any atom is -0.301 e. The van der Waals surface area contributed by atoms with Crippen LogP contribution < -0.4 is 0 Å². The summed E-state index contributed by atoms with van der Waals surface area (Å²) in [4.78, 5) is 2.61. The Morgan fingerprint density at radius 1 is 1.36 bits per heavy atom. The molecule has 66 valence electrons. The summed E-state index contributed by atoms with van der Waals surface area (Å²) in [7, 11) is 0. The normalized spacial score (nSPS) is 20.7. The minimum atomic E-state index is 0.847. The van der Waals surface area contributed by atoms with E-state index in [0.717, 1.165) is 12.0 Å². The van der Waals surface area contributed by atoms with Crippen LogP contribution in [0, 0.1) is 5.92 Å². The Balaban J connectivity index is 2.26. The van der Waals surface area contributed by atoms with Gasteiger partial charge in [0, 0.05) is 6.04 Å². The maximum absolute atomic E-state index is 2.61. The zero-order chi connectivity index (χ0) is 8.27. The van der Waals surface area contributed by atoms with Gasteiger partial charge in [-0.2, -0.15) is 0 Å². The molecule has 1 nitrogen and oxygen atoms in total. The van der Waals surface area contributed by atoms with Crippen molar-refractivity contribution in [2.24, 2.45) is 5.92 Å². The highest BCUT2D eigenvalue weighted by molar-refractivity contribution is 4.84. The smallest absolute Gasteiger partial charge is 0.00950 e. The molecule has 1 atom stereocenters. The van der Waals surface area contributed by atoms with E-state index in [0.29, 0.717) is 0 Å². The van der Waals surface area contributed by atoms with Gasteiger partial charge in [0.05, 0.1) is 0 Å². The van der Waals surface area contributed by atoms with Crippen molar-refractivity contribution in [2.45, 2.75) is 46.1 Å². The number of rotatable bonds is 5. The van der Waals surface area contributed by atoms with Gasteiger partial charge in [0.2, 0.25) is 0 Å². The Hall–Kier alpha value is -0.0400. The van der Waals surface area contributed by atoms with E-state index in [-0.39, 0.29) is 0 Å². The Morgan fingerprint density at radius 2 is 2.00 bits per heavy atom. The van der Waals surface area contributed by atoms with Crippen LogP contribution in [0.15, 0.2) is 0 Å². The number of hydrogen-bond acceptors (Lipinski definition) is 1. The van der Waals surface area contributed by atoms with Crippen molar-refractivity contribution in [3.63, 3.8) is 0 Å². The van der Waals surface area contributed by atoms with E-state index in [4.69, 9.17) is 0 Å². The molecule has 0 aliphatic heterocycles. The Bertz CT molecular complexity index is 107. The quantitative estimate of drug-likeness (QED) is 0.589. The molecule has 0 saturated heterocycles.